The maximum atomic E-state index is 13.2. The summed E-state index contributed by atoms with van der Waals surface area (Å²) in [5.41, 5.74) is 0.288. The molecule has 1 aromatic carbocycles. The number of likely N-dealkylation sites (tertiary alicyclic amines) is 1. The van der Waals surface area contributed by atoms with Crippen LogP contribution in [-0.2, 0) is 9.59 Å². The van der Waals surface area contributed by atoms with Crippen molar-refractivity contribution in [3.05, 3.63) is 35.9 Å². The fourth-order valence-corrected chi connectivity index (χ4v) is 4.73. The Morgan fingerprint density at radius 3 is 2.52 bits per heavy atom. The van der Waals surface area contributed by atoms with E-state index in [1.807, 2.05) is 49.1 Å². The molecule has 0 radical (unpaired) electrons. The average Bonchev–Trinajstić information content (AvgIpc) is 3.15. The fourth-order valence-electron chi connectivity index (χ4n) is 4.73. The topological polar surface area (TPSA) is 60.9 Å². The highest BCUT2D eigenvalue weighted by Gasteiger charge is 2.56. The zero-order valence-electron chi connectivity index (χ0n) is 15.1. The Kier molecular flexibility index (Phi) is 5.13. The molecule has 0 aromatic heterocycles. The van der Waals surface area contributed by atoms with Crippen molar-refractivity contribution < 1.29 is 14.7 Å². The van der Waals surface area contributed by atoms with Crippen LogP contribution in [0.1, 0.15) is 44.7 Å². The number of hydrogen-bond donors (Lipinski definition) is 1. The van der Waals surface area contributed by atoms with Crippen molar-refractivity contribution in [2.45, 2.75) is 39.2 Å². The van der Waals surface area contributed by atoms with E-state index in [1.54, 1.807) is 0 Å². The quantitative estimate of drug-likeness (QED) is 0.862. The minimum absolute atomic E-state index is 0.0803. The van der Waals surface area contributed by atoms with Gasteiger partial charge >= 0.3 is 5.97 Å². The number of fused-ring (bicyclic) bond motifs is 1. The van der Waals surface area contributed by atoms with Gasteiger partial charge in [0.15, 0.2) is 0 Å². The third-order valence-corrected chi connectivity index (χ3v) is 6.11. The van der Waals surface area contributed by atoms with Crippen molar-refractivity contribution in [3.8, 4) is 0 Å². The van der Waals surface area contributed by atoms with Crippen molar-refractivity contribution >= 4 is 11.9 Å². The average molecular weight is 344 g/mol. The van der Waals surface area contributed by atoms with Crippen LogP contribution in [0, 0.1) is 11.3 Å². The predicted octanol–water partition coefficient (Wildman–Crippen LogP) is 2.78. The van der Waals surface area contributed by atoms with Gasteiger partial charge < -0.3 is 10.0 Å². The molecule has 1 aromatic rings. The molecule has 3 rings (SSSR count). The summed E-state index contributed by atoms with van der Waals surface area (Å²) in [6.45, 7) is 6.47. The molecule has 25 heavy (non-hydrogen) atoms. The molecule has 1 unspecified atom stereocenters. The van der Waals surface area contributed by atoms with Crippen molar-refractivity contribution in [3.63, 3.8) is 0 Å². The fraction of sp³-hybridized carbons (Fsp3) is 0.600. The molecule has 5 nitrogen and oxygen atoms in total. The number of amides is 1. The molecular weight excluding hydrogens is 316 g/mol. The van der Waals surface area contributed by atoms with E-state index >= 15 is 0 Å². The molecule has 1 heterocycles. The smallest absolute Gasteiger partial charge is 0.311 e. The van der Waals surface area contributed by atoms with E-state index < -0.39 is 11.4 Å². The van der Waals surface area contributed by atoms with Gasteiger partial charge in [-0.25, -0.2) is 0 Å². The number of carboxylic acid groups (broad SMARTS) is 1. The number of likely N-dealkylation sites (N-methyl/N-ethyl adjacent to an activating group) is 1. The largest absolute Gasteiger partial charge is 0.481 e. The van der Waals surface area contributed by atoms with E-state index in [1.165, 1.54) is 0 Å². The molecule has 2 fully saturated rings. The minimum atomic E-state index is -0.695. The number of rotatable bonds is 6. The number of aliphatic carboxylic acids is 1. The van der Waals surface area contributed by atoms with Gasteiger partial charge in [0.1, 0.15) is 6.04 Å². The van der Waals surface area contributed by atoms with Crippen LogP contribution in [-0.4, -0.2) is 53.0 Å². The van der Waals surface area contributed by atoms with Gasteiger partial charge in [-0.2, -0.15) is 0 Å². The number of nitrogens with zero attached hydrogens (tertiary/aromatic N) is 2. The highest BCUT2D eigenvalue weighted by molar-refractivity contribution is 5.84. The van der Waals surface area contributed by atoms with Gasteiger partial charge in [-0.3, -0.25) is 14.5 Å². The molecule has 1 N–H and O–H groups in total. The molecule has 1 amide bonds. The van der Waals surface area contributed by atoms with E-state index in [0.717, 1.165) is 24.8 Å². The molecule has 1 aliphatic heterocycles. The summed E-state index contributed by atoms with van der Waals surface area (Å²) < 4.78 is 0. The van der Waals surface area contributed by atoms with E-state index in [0.29, 0.717) is 26.2 Å². The first kappa shape index (κ1) is 17.9. The second kappa shape index (κ2) is 7.16. The van der Waals surface area contributed by atoms with Crippen LogP contribution in [0.5, 0.6) is 0 Å². The maximum absolute atomic E-state index is 13.2. The minimum Gasteiger partial charge on any atom is -0.481 e. The molecule has 1 aliphatic carbocycles. The normalized spacial score (nSPS) is 27.0. The number of benzene rings is 1. The Morgan fingerprint density at radius 2 is 1.96 bits per heavy atom. The second-order valence-corrected chi connectivity index (χ2v) is 7.30. The standard InChI is InChI=1S/C20H28N2O3/c1-3-21(4-2)18(23)17(15-9-6-5-7-10-15)22-13-16-11-8-12-20(16,14-22)19(24)25/h5-7,9-10,16-17H,3-4,8,11-14H2,1-2H3,(H,24,25)/t16-,17?,20+/m0/s1. The lowest BCUT2D eigenvalue weighted by Gasteiger charge is -2.33. The molecule has 136 valence electrons. The summed E-state index contributed by atoms with van der Waals surface area (Å²) >= 11 is 0. The first-order valence-electron chi connectivity index (χ1n) is 9.34. The number of carbonyl (C=O) groups excluding carboxylic acids is 1. The van der Waals surface area contributed by atoms with Crippen molar-refractivity contribution in [2.24, 2.45) is 11.3 Å². The Balaban J connectivity index is 1.93. The Hall–Kier alpha value is -1.88. The van der Waals surface area contributed by atoms with Crippen LogP contribution < -0.4 is 0 Å². The molecule has 0 bridgehead atoms. The number of hydrogen-bond acceptors (Lipinski definition) is 3. The van der Waals surface area contributed by atoms with Gasteiger partial charge in [-0.15, -0.1) is 0 Å². The van der Waals surface area contributed by atoms with Crippen LogP contribution in [0.3, 0.4) is 0 Å². The lowest BCUT2D eigenvalue weighted by atomic mass is 9.81. The summed E-state index contributed by atoms with van der Waals surface area (Å²) in [5.74, 6) is -0.461. The van der Waals surface area contributed by atoms with Crippen LogP contribution in [0.25, 0.3) is 0 Å². The highest BCUT2D eigenvalue weighted by atomic mass is 16.4. The Labute approximate surface area is 149 Å². The lowest BCUT2D eigenvalue weighted by Crippen LogP contribution is -2.43. The molecular formula is C20H28N2O3. The van der Waals surface area contributed by atoms with E-state index in [4.69, 9.17) is 0 Å². The number of carboxylic acids is 1. The molecule has 5 heteroatoms. The molecule has 1 saturated heterocycles. The zero-order chi connectivity index (χ0) is 18.0. The summed E-state index contributed by atoms with van der Waals surface area (Å²) in [6, 6.07) is 9.41. The Morgan fingerprint density at radius 1 is 1.28 bits per heavy atom. The van der Waals surface area contributed by atoms with E-state index in [9.17, 15) is 14.7 Å². The third kappa shape index (κ3) is 3.06. The predicted molar refractivity (Wildman–Crippen MR) is 96.1 cm³/mol. The van der Waals surface area contributed by atoms with Crippen LogP contribution in [0.4, 0.5) is 0 Å². The van der Waals surface area contributed by atoms with Crippen LogP contribution in [0.15, 0.2) is 30.3 Å². The summed E-state index contributed by atoms with van der Waals surface area (Å²) in [7, 11) is 0. The van der Waals surface area contributed by atoms with Crippen molar-refractivity contribution in [1.82, 2.24) is 9.80 Å². The monoisotopic (exact) mass is 344 g/mol. The zero-order valence-corrected chi connectivity index (χ0v) is 15.1. The molecule has 2 aliphatic rings. The highest BCUT2D eigenvalue weighted by Crippen LogP contribution is 2.50. The van der Waals surface area contributed by atoms with Gasteiger partial charge in [0.05, 0.1) is 5.41 Å². The lowest BCUT2D eigenvalue weighted by molar-refractivity contribution is -0.150. The van der Waals surface area contributed by atoms with Crippen molar-refractivity contribution in [2.75, 3.05) is 26.2 Å². The van der Waals surface area contributed by atoms with Gasteiger partial charge in [0.2, 0.25) is 5.91 Å². The molecule has 1 saturated carbocycles. The van der Waals surface area contributed by atoms with Crippen LogP contribution in [0.2, 0.25) is 0 Å². The molecule has 3 atom stereocenters. The van der Waals surface area contributed by atoms with E-state index in [2.05, 4.69) is 4.90 Å². The van der Waals surface area contributed by atoms with Gasteiger partial charge in [0.25, 0.3) is 0 Å². The SMILES string of the molecule is CCN(CC)C(=O)C(c1ccccc1)N1C[C@@H]2CCC[C@@]2(C(=O)O)C1. The summed E-state index contributed by atoms with van der Waals surface area (Å²) in [5, 5.41) is 9.86. The first-order chi connectivity index (χ1) is 12.0. The maximum Gasteiger partial charge on any atom is 0.311 e. The third-order valence-electron chi connectivity index (χ3n) is 6.11. The van der Waals surface area contributed by atoms with Crippen LogP contribution >= 0.6 is 0 Å². The first-order valence-corrected chi connectivity index (χ1v) is 9.34. The second-order valence-electron chi connectivity index (χ2n) is 7.30. The van der Waals surface area contributed by atoms with Gasteiger partial charge in [-0.1, -0.05) is 36.8 Å². The summed E-state index contributed by atoms with van der Waals surface area (Å²) in [4.78, 5) is 29.2. The van der Waals surface area contributed by atoms with Gasteiger partial charge in [-0.05, 0) is 38.2 Å². The summed E-state index contributed by atoms with van der Waals surface area (Å²) in [6.07, 6.45) is 2.65. The van der Waals surface area contributed by atoms with E-state index in [-0.39, 0.29) is 17.9 Å². The van der Waals surface area contributed by atoms with Gasteiger partial charge in [0, 0.05) is 26.2 Å². The molecule has 0 spiro atoms. The van der Waals surface area contributed by atoms with Crippen molar-refractivity contribution in [1.29, 1.82) is 0 Å². The Bertz CT molecular complexity index is 629. The number of carbonyl (C=O) groups is 2.